The molecule has 0 aromatic rings. The zero-order valence-electron chi connectivity index (χ0n) is 35.8. The van der Waals surface area contributed by atoms with Crippen LogP contribution in [0.1, 0.15) is 168 Å². The minimum absolute atomic E-state index is 0.128. The van der Waals surface area contributed by atoms with Crippen molar-refractivity contribution in [1.82, 2.24) is 5.32 Å². The van der Waals surface area contributed by atoms with E-state index in [0.717, 1.165) is 96.3 Å². The number of carbonyl (C=O) groups excluding carboxylic acids is 1. The summed E-state index contributed by atoms with van der Waals surface area (Å²) in [5.74, 6) is -0.128. The molecule has 0 aliphatic carbocycles. The number of amides is 1. The van der Waals surface area contributed by atoms with Gasteiger partial charge in [-0.3, -0.25) is 4.79 Å². The van der Waals surface area contributed by atoms with Crippen molar-refractivity contribution in [3.63, 3.8) is 0 Å². The van der Waals surface area contributed by atoms with Crippen molar-refractivity contribution in [1.29, 1.82) is 0 Å². The normalized spacial score (nSPS) is 14.3. The van der Waals surface area contributed by atoms with Gasteiger partial charge in [-0.15, -0.1) is 0 Å². The van der Waals surface area contributed by atoms with E-state index < -0.39 is 12.1 Å². The first-order chi connectivity index (χ1) is 27.7. The maximum Gasteiger partial charge on any atom is 0.220 e. The Balaban J connectivity index is 3.82. The highest BCUT2D eigenvalue weighted by atomic mass is 16.3. The van der Waals surface area contributed by atoms with Gasteiger partial charge in [0.1, 0.15) is 0 Å². The molecular weight excluding hydrogens is 687 g/mol. The molecule has 2 unspecified atom stereocenters. The number of hydrogen-bond acceptors (Lipinski definition) is 3. The zero-order valence-corrected chi connectivity index (χ0v) is 35.8. The van der Waals surface area contributed by atoms with E-state index in [4.69, 9.17) is 0 Å². The Morgan fingerprint density at radius 1 is 0.446 bits per heavy atom. The number of nitrogens with one attached hydrogen (secondary N) is 1. The molecule has 1 amide bonds. The maximum absolute atomic E-state index is 12.4. The van der Waals surface area contributed by atoms with Crippen molar-refractivity contribution in [2.75, 3.05) is 6.61 Å². The van der Waals surface area contributed by atoms with E-state index in [-0.39, 0.29) is 12.5 Å². The smallest absolute Gasteiger partial charge is 0.220 e. The minimum atomic E-state index is -0.898. The number of allylic oxidation sites excluding steroid dienone is 21. The summed E-state index contributed by atoms with van der Waals surface area (Å²) < 4.78 is 0. The molecule has 3 N–H and O–H groups in total. The molecule has 0 aliphatic heterocycles. The molecule has 0 saturated carbocycles. The van der Waals surface area contributed by atoms with Crippen molar-refractivity contribution >= 4 is 5.91 Å². The van der Waals surface area contributed by atoms with E-state index in [0.29, 0.717) is 6.42 Å². The van der Waals surface area contributed by atoms with Crippen molar-refractivity contribution in [3.05, 3.63) is 134 Å². The van der Waals surface area contributed by atoms with Gasteiger partial charge >= 0.3 is 0 Å². The van der Waals surface area contributed by atoms with E-state index in [1.807, 2.05) is 6.08 Å². The third-order valence-electron chi connectivity index (χ3n) is 9.10. The van der Waals surface area contributed by atoms with Gasteiger partial charge in [0.15, 0.2) is 0 Å². The third-order valence-corrected chi connectivity index (χ3v) is 9.10. The van der Waals surface area contributed by atoms with Crippen LogP contribution in [0.25, 0.3) is 0 Å². The molecular formula is C52H83NO3. The first-order valence-corrected chi connectivity index (χ1v) is 22.4. The van der Waals surface area contributed by atoms with E-state index in [1.54, 1.807) is 6.08 Å². The predicted octanol–water partition coefficient (Wildman–Crippen LogP) is 14.3. The predicted molar refractivity (Wildman–Crippen MR) is 248 cm³/mol. The first kappa shape index (κ1) is 52.5. The van der Waals surface area contributed by atoms with Gasteiger partial charge in [0.2, 0.25) is 5.91 Å². The van der Waals surface area contributed by atoms with Crippen LogP contribution in [0.5, 0.6) is 0 Å². The van der Waals surface area contributed by atoms with E-state index in [1.165, 1.54) is 51.4 Å². The van der Waals surface area contributed by atoms with Gasteiger partial charge in [-0.2, -0.15) is 0 Å². The van der Waals surface area contributed by atoms with Crippen LogP contribution in [0.15, 0.2) is 134 Å². The molecule has 0 spiro atoms. The van der Waals surface area contributed by atoms with Gasteiger partial charge in [-0.25, -0.2) is 0 Å². The van der Waals surface area contributed by atoms with Crippen LogP contribution in [0.3, 0.4) is 0 Å². The Hall–Kier alpha value is -3.47. The second-order valence-electron chi connectivity index (χ2n) is 14.4. The molecule has 4 nitrogen and oxygen atoms in total. The lowest BCUT2D eigenvalue weighted by molar-refractivity contribution is -0.123. The molecule has 314 valence electrons. The standard InChI is InChI=1S/C52H83NO3/c1-3-5-7-9-11-13-15-17-19-21-22-23-24-25-26-27-28-29-30-32-34-36-38-40-42-44-46-48-52(56)53-50(49-54)51(55)47-45-43-41-39-37-35-33-31-20-18-16-14-12-10-8-6-4-2/h5,7,11,13,17,19-20,22-23,25-26,28-29,31-32,34,37-40,45,47,50-51,54-55H,3-4,6,8-10,12,14-16,18,21,24,27,30,33,35-36,41-44,46,48-49H2,1-2H3,(H,53,56)/b7-5-,13-11-,19-17-,23-22-,26-25-,29-28-,31-20+,34-32-,39-37+,40-38-,47-45+. The van der Waals surface area contributed by atoms with Crippen molar-refractivity contribution in [2.45, 2.75) is 180 Å². The molecule has 0 bridgehead atoms. The van der Waals surface area contributed by atoms with Gasteiger partial charge in [-0.1, -0.05) is 186 Å². The number of rotatable bonds is 38. The summed E-state index contributed by atoms with van der Waals surface area (Å²) in [6.45, 7) is 4.13. The van der Waals surface area contributed by atoms with Crippen LogP contribution >= 0.6 is 0 Å². The molecule has 4 heteroatoms. The summed E-state index contributed by atoms with van der Waals surface area (Å²) in [5, 5.41) is 22.9. The number of carbonyl (C=O) groups is 1. The molecule has 0 aromatic heterocycles. The fourth-order valence-electron chi connectivity index (χ4n) is 5.69. The Morgan fingerprint density at radius 2 is 0.804 bits per heavy atom. The zero-order chi connectivity index (χ0) is 40.7. The summed E-state index contributed by atoms with van der Waals surface area (Å²) in [7, 11) is 0. The van der Waals surface area contributed by atoms with Gasteiger partial charge in [0, 0.05) is 6.42 Å². The van der Waals surface area contributed by atoms with Crippen LogP contribution in [0, 0.1) is 0 Å². The molecule has 0 radical (unpaired) electrons. The Bertz CT molecular complexity index is 1190. The average molecular weight is 770 g/mol. The Kier molecular flexibility index (Phi) is 43.1. The summed E-state index contributed by atoms with van der Waals surface area (Å²) in [5.41, 5.74) is 0. The lowest BCUT2D eigenvalue weighted by Crippen LogP contribution is -2.45. The van der Waals surface area contributed by atoms with Crippen LogP contribution in [-0.4, -0.2) is 34.9 Å². The van der Waals surface area contributed by atoms with E-state index >= 15 is 0 Å². The fourth-order valence-corrected chi connectivity index (χ4v) is 5.69. The average Bonchev–Trinajstić information content (AvgIpc) is 3.20. The maximum atomic E-state index is 12.4. The lowest BCUT2D eigenvalue weighted by atomic mass is 10.1. The van der Waals surface area contributed by atoms with Gasteiger partial charge in [0.05, 0.1) is 18.8 Å². The van der Waals surface area contributed by atoms with Crippen molar-refractivity contribution < 1.29 is 15.0 Å². The molecule has 0 heterocycles. The Morgan fingerprint density at radius 3 is 1.25 bits per heavy atom. The molecule has 0 aromatic carbocycles. The van der Waals surface area contributed by atoms with Crippen molar-refractivity contribution in [3.8, 4) is 0 Å². The summed E-state index contributed by atoms with van der Waals surface area (Å²) in [6.07, 6.45) is 72.7. The molecule has 0 rings (SSSR count). The number of unbranched alkanes of at least 4 members (excludes halogenated alkanes) is 11. The Labute approximate surface area is 345 Å². The largest absolute Gasteiger partial charge is 0.394 e. The van der Waals surface area contributed by atoms with Crippen molar-refractivity contribution in [2.24, 2.45) is 0 Å². The number of hydrogen-bond donors (Lipinski definition) is 3. The molecule has 0 fully saturated rings. The summed E-state index contributed by atoms with van der Waals surface area (Å²) in [4.78, 5) is 12.4. The number of aliphatic hydroxyl groups is 2. The summed E-state index contributed by atoms with van der Waals surface area (Å²) >= 11 is 0. The fraction of sp³-hybridized carbons (Fsp3) is 0.558. The number of aliphatic hydroxyl groups excluding tert-OH is 2. The molecule has 56 heavy (non-hydrogen) atoms. The quantitative estimate of drug-likeness (QED) is 0.0433. The highest BCUT2D eigenvalue weighted by Gasteiger charge is 2.17. The van der Waals surface area contributed by atoms with Gasteiger partial charge < -0.3 is 15.5 Å². The molecule has 0 aliphatic rings. The highest BCUT2D eigenvalue weighted by molar-refractivity contribution is 5.76. The van der Waals surface area contributed by atoms with Gasteiger partial charge in [0.25, 0.3) is 0 Å². The van der Waals surface area contributed by atoms with Crippen LogP contribution in [-0.2, 0) is 4.79 Å². The molecule has 2 atom stereocenters. The highest BCUT2D eigenvalue weighted by Crippen LogP contribution is 2.09. The second kappa shape index (κ2) is 45.9. The van der Waals surface area contributed by atoms with Gasteiger partial charge in [-0.05, 0) is 109 Å². The summed E-state index contributed by atoms with van der Waals surface area (Å²) in [6, 6.07) is -0.679. The third kappa shape index (κ3) is 41.7. The minimum Gasteiger partial charge on any atom is -0.394 e. The second-order valence-corrected chi connectivity index (χ2v) is 14.4. The van der Waals surface area contributed by atoms with E-state index in [9.17, 15) is 15.0 Å². The van der Waals surface area contributed by atoms with Crippen LogP contribution < -0.4 is 5.32 Å². The van der Waals surface area contributed by atoms with E-state index in [2.05, 4.69) is 141 Å². The monoisotopic (exact) mass is 770 g/mol. The lowest BCUT2D eigenvalue weighted by Gasteiger charge is -2.19. The van der Waals surface area contributed by atoms with Crippen LogP contribution in [0.4, 0.5) is 0 Å². The topological polar surface area (TPSA) is 69.6 Å². The molecule has 0 saturated heterocycles. The first-order valence-electron chi connectivity index (χ1n) is 22.4. The van der Waals surface area contributed by atoms with Crippen LogP contribution in [0.2, 0.25) is 0 Å². The SMILES string of the molecule is CC/C=C\C/C=C\C/C=C\C/C=C\C/C=C\C/C=C\C/C=C\C/C=C\CCCCC(=O)NC(CO)C(O)/C=C/CC/C=C/CC/C=C/CCCCCCCCC.